The zero-order chi connectivity index (χ0) is 11.4. The van der Waals surface area contributed by atoms with Gasteiger partial charge in [0.1, 0.15) is 0 Å². The van der Waals surface area contributed by atoms with E-state index < -0.39 is 0 Å². The molecular weight excluding hydrogens is 426 g/mol. The summed E-state index contributed by atoms with van der Waals surface area (Å²) in [6.07, 6.45) is 2.02. The molecule has 2 fully saturated rings. The fourth-order valence-corrected chi connectivity index (χ4v) is 2.32. The zero-order valence-electron chi connectivity index (χ0n) is 8.81. The third-order valence-corrected chi connectivity index (χ3v) is 3.24. The monoisotopic (exact) mass is 440 g/mol. The van der Waals surface area contributed by atoms with Gasteiger partial charge in [-0.15, -0.1) is 0 Å². The Morgan fingerprint density at radius 1 is 1.12 bits per heavy atom. The van der Waals surface area contributed by atoms with Gasteiger partial charge in [0.2, 0.25) is 0 Å². The zero-order valence-corrected chi connectivity index (χ0v) is 13.1. The van der Waals surface area contributed by atoms with E-state index in [0.717, 1.165) is 11.8 Å². The van der Waals surface area contributed by atoms with Crippen molar-refractivity contribution in [3.8, 4) is 0 Å². The number of hydrogen-bond acceptors (Lipinski definition) is 2. The Kier molecular flexibility index (Phi) is 5.02. The van der Waals surface area contributed by atoms with Gasteiger partial charge in [-0.3, -0.25) is 4.99 Å². The number of rotatable bonds is 2. The molecule has 86 valence electrons. The summed E-state index contributed by atoms with van der Waals surface area (Å²) in [5.41, 5.74) is 1.21. The molecule has 2 unspecified atom stereocenters. The number of hydrogen-bond donors (Lipinski definition) is 1. The fourth-order valence-electron chi connectivity index (χ4n) is 2.32. The maximum atomic E-state index is 4.63. The van der Waals surface area contributed by atoms with Gasteiger partial charge in [-0.25, -0.2) is 0 Å². The SMILES string of the molecule is C(=NC1C2CNCC21)c1ccccc1.II. The lowest BCUT2D eigenvalue weighted by Crippen LogP contribution is -2.15. The van der Waals surface area contributed by atoms with Crippen LogP contribution >= 0.6 is 37.2 Å². The topological polar surface area (TPSA) is 24.4 Å². The molecule has 16 heavy (non-hydrogen) atoms. The molecule has 1 N–H and O–H groups in total. The van der Waals surface area contributed by atoms with Gasteiger partial charge in [-0.05, 0) is 5.56 Å². The molecule has 2 nitrogen and oxygen atoms in total. The second-order valence-corrected chi connectivity index (χ2v) is 4.17. The Morgan fingerprint density at radius 3 is 2.38 bits per heavy atom. The van der Waals surface area contributed by atoms with Crippen molar-refractivity contribution < 1.29 is 0 Å². The van der Waals surface area contributed by atoms with Gasteiger partial charge in [0, 0.05) is 68.4 Å². The molecule has 0 aromatic heterocycles. The Balaban J connectivity index is 0.000000457. The molecule has 4 heteroatoms. The molecule has 1 aromatic carbocycles. The first-order valence-electron chi connectivity index (χ1n) is 5.38. The maximum absolute atomic E-state index is 4.63. The molecule has 0 spiro atoms. The Labute approximate surface area is 120 Å². The van der Waals surface area contributed by atoms with Crippen molar-refractivity contribution in [2.24, 2.45) is 16.8 Å². The van der Waals surface area contributed by atoms with Gasteiger partial charge >= 0.3 is 0 Å². The first-order chi connectivity index (χ1) is 7.95. The molecule has 1 saturated carbocycles. The largest absolute Gasteiger partial charge is 0.316 e. The first-order valence-corrected chi connectivity index (χ1v) is 11.7. The van der Waals surface area contributed by atoms with Crippen molar-refractivity contribution >= 4 is 43.4 Å². The van der Waals surface area contributed by atoms with E-state index in [9.17, 15) is 0 Å². The third-order valence-electron chi connectivity index (χ3n) is 3.24. The quantitative estimate of drug-likeness (QED) is 0.555. The van der Waals surface area contributed by atoms with E-state index in [-0.39, 0.29) is 0 Å². The van der Waals surface area contributed by atoms with Gasteiger partial charge in [-0.2, -0.15) is 0 Å². The lowest BCUT2D eigenvalue weighted by molar-refractivity contribution is 0.680. The number of aliphatic imine (C=N–C) groups is 1. The highest BCUT2D eigenvalue weighted by Gasteiger charge is 2.52. The van der Waals surface area contributed by atoms with Crippen LogP contribution in [0.1, 0.15) is 5.56 Å². The van der Waals surface area contributed by atoms with Crippen molar-refractivity contribution in [2.45, 2.75) is 6.04 Å². The number of nitrogens with zero attached hydrogens (tertiary/aromatic N) is 1. The van der Waals surface area contributed by atoms with Crippen LogP contribution in [0.3, 0.4) is 0 Å². The van der Waals surface area contributed by atoms with Crippen LogP contribution in [0.2, 0.25) is 0 Å². The Hall–Kier alpha value is 0.310. The summed E-state index contributed by atoms with van der Waals surface area (Å²) in [4.78, 5) is 4.63. The highest BCUT2D eigenvalue weighted by Crippen LogP contribution is 2.44. The van der Waals surface area contributed by atoms with Crippen LogP contribution in [0.4, 0.5) is 0 Å². The van der Waals surface area contributed by atoms with Crippen molar-refractivity contribution in [3.63, 3.8) is 0 Å². The van der Waals surface area contributed by atoms with Crippen molar-refractivity contribution in [2.75, 3.05) is 13.1 Å². The van der Waals surface area contributed by atoms with Crippen molar-refractivity contribution in [3.05, 3.63) is 35.9 Å². The molecule has 1 aromatic rings. The van der Waals surface area contributed by atoms with Crippen LogP contribution in [-0.4, -0.2) is 25.3 Å². The Bertz CT molecular complexity index is 343. The smallest absolute Gasteiger partial charge is 0.0588 e. The molecule has 0 amide bonds. The third kappa shape index (κ3) is 2.95. The first kappa shape index (κ1) is 12.8. The van der Waals surface area contributed by atoms with Gasteiger partial charge < -0.3 is 5.32 Å². The van der Waals surface area contributed by atoms with E-state index in [2.05, 4.69) is 71.8 Å². The van der Waals surface area contributed by atoms with Crippen LogP contribution < -0.4 is 5.32 Å². The second-order valence-electron chi connectivity index (χ2n) is 4.17. The Morgan fingerprint density at radius 2 is 1.75 bits per heavy atom. The number of piperidine rings is 1. The number of halogens is 2. The molecule has 0 bridgehead atoms. The van der Waals surface area contributed by atoms with Crippen LogP contribution in [-0.2, 0) is 0 Å². The lowest BCUT2D eigenvalue weighted by Gasteiger charge is -1.97. The molecule has 2 atom stereocenters. The standard InChI is InChI=1S/C12H14N2.I2/c1-2-4-9(5-3-1)6-14-12-10-7-13-8-11(10)12;1-2/h1-6,10-13H,7-8H2;. The molecule has 1 saturated heterocycles. The van der Waals surface area contributed by atoms with E-state index in [0.29, 0.717) is 6.04 Å². The molecule has 2 aliphatic rings. The van der Waals surface area contributed by atoms with E-state index in [4.69, 9.17) is 0 Å². The predicted octanol–water partition coefficient (Wildman–Crippen LogP) is 3.09. The summed E-state index contributed by atoms with van der Waals surface area (Å²) in [5, 5.41) is 3.38. The lowest BCUT2D eigenvalue weighted by atomic mass is 10.2. The summed E-state index contributed by atoms with van der Waals surface area (Å²) in [6, 6.07) is 10.9. The van der Waals surface area contributed by atoms with Crippen LogP contribution in [0.25, 0.3) is 0 Å². The summed E-state index contributed by atoms with van der Waals surface area (Å²) in [5.74, 6) is 1.66. The van der Waals surface area contributed by atoms with Gasteiger partial charge in [0.05, 0.1) is 6.04 Å². The van der Waals surface area contributed by atoms with Crippen molar-refractivity contribution in [1.29, 1.82) is 0 Å². The van der Waals surface area contributed by atoms with Gasteiger partial charge in [0.15, 0.2) is 0 Å². The number of nitrogens with one attached hydrogen (secondary N) is 1. The number of benzene rings is 1. The van der Waals surface area contributed by atoms with E-state index in [1.54, 1.807) is 0 Å². The van der Waals surface area contributed by atoms with Gasteiger partial charge in [-0.1, -0.05) is 30.3 Å². The highest BCUT2D eigenvalue weighted by molar-refractivity contribution is 15.0. The summed E-state index contributed by atoms with van der Waals surface area (Å²) in [6.45, 7) is 2.34. The van der Waals surface area contributed by atoms with Crippen LogP contribution in [0, 0.1) is 11.8 Å². The van der Waals surface area contributed by atoms with E-state index >= 15 is 0 Å². The molecule has 3 rings (SSSR count). The summed E-state index contributed by atoms with van der Waals surface area (Å²) >= 11 is 4.24. The van der Waals surface area contributed by atoms with Crippen molar-refractivity contribution in [1.82, 2.24) is 5.32 Å². The molecule has 1 aliphatic carbocycles. The average molecular weight is 440 g/mol. The molecule has 1 aliphatic heterocycles. The summed E-state index contributed by atoms with van der Waals surface area (Å²) < 4.78 is 0. The van der Waals surface area contributed by atoms with E-state index in [1.165, 1.54) is 18.7 Å². The highest BCUT2D eigenvalue weighted by atomic mass is 128. The van der Waals surface area contributed by atoms with Crippen LogP contribution in [0.5, 0.6) is 0 Å². The minimum absolute atomic E-state index is 0.608. The molecule has 0 radical (unpaired) electrons. The minimum Gasteiger partial charge on any atom is -0.316 e. The molecule has 1 heterocycles. The minimum atomic E-state index is 0.608. The maximum Gasteiger partial charge on any atom is 0.0588 e. The van der Waals surface area contributed by atoms with Gasteiger partial charge in [0.25, 0.3) is 0 Å². The molecular formula is C12H14I2N2. The second kappa shape index (κ2) is 6.30. The van der Waals surface area contributed by atoms with E-state index in [1.807, 2.05) is 12.3 Å². The van der Waals surface area contributed by atoms with Crippen LogP contribution in [0.15, 0.2) is 35.3 Å². The predicted molar refractivity (Wildman–Crippen MR) is 85.7 cm³/mol. The summed E-state index contributed by atoms with van der Waals surface area (Å²) in [7, 11) is 0. The number of fused-ring (bicyclic) bond motifs is 1. The fraction of sp³-hybridized carbons (Fsp3) is 0.417. The average Bonchev–Trinajstić information content (AvgIpc) is 2.80. The normalized spacial score (nSPS) is 30.8.